The number of carbonyl (C=O) groups excluding carboxylic acids is 1. The quantitative estimate of drug-likeness (QED) is 0.689. The van der Waals surface area contributed by atoms with Gasteiger partial charge in [-0.3, -0.25) is 9.48 Å². The van der Waals surface area contributed by atoms with E-state index in [1.54, 1.807) is 24.4 Å². The first kappa shape index (κ1) is 22.4. The van der Waals surface area contributed by atoms with Gasteiger partial charge in [-0.2, -0.15) is 28.5 Å². The Labute approximate surface area is 194 Å². The third kappa shape index (κ3) is 3.19. The lowest BCUT2D eigenvalue weighted by Gasteiger charge is -2.48. The normalized spacial score (nSPS) is 25.4. The Balaban J connectivity index is 1.74. The van der Waals surface area contributed by atoms with E-state index in [0.717, 1.165) is 21.5 Å². The average Bonchev–Trinajstić information content (AvgIpc) is 3.37. The van der Waals surface area contributed by atoms with Crippen LogP contribution in [0.25, 0.3) is 11.1 Å². The van der Waals surface area contributed by atoms with Crippen LogP contribution >= 0.6 is 0 Å². The summed E-state index contributed by atoms with van der Waals surface area (Å²) in [5, 5.41) is 18.8. The van der Waals surface area contributed by atoms with Crippen molar-refractivity contribution in [3.8, 4) is 11.1 Å². The minimum atomic E-state index is -4.56. The maximum absolute atomic E-state index is 13.8. The highest BCUT2D eigenvalue weighted by molar-refractivity contribution is 6.00. The molecule has 178 valence electrons. The molecule has 1 amide bonds. The van der Waals surface area contributed by atoms with Crippen LogP contribution in [0.4, 0.5) is 13.2 Å². The molecule has 0 radical (unpaired) electrons. The Morgan fingerprint density at radius 3 is 2.74 bits per heavy atom. The van der Waals surface area contributed by atoms with Gasteiger partial charge in [0.15, 0.2) is 6.17 Å². The van der Waals surface area contributed by atoms with Crippen molar-refractivity contribution in [2.45, 2.75) is 56.9 Å². The monoisotopic (exact) mass is 470 g/mol. The van der Waals surface area contributed by atoms with Crippen LogP contribution in [0.3, 0.4) is 0 Å². The van der Waals surface area contributed by atoms with Gasteiger partial charge in [-0.15, -0.1) is 0 Å². The summed E-state index contributed by atoms with van der Waals surface area (Å²) in [6.45, 7) is 5.87. The Hall–Kier alpha value is -3.43. The Morgan fingerprint density at radius 1 is 1.26 bits per heavy atom. The van der Waals surface area contributed by atoms with E-state index in [4.69, 9.17) is 0 Å². The number of hydrogen-bond acceptors (Lipinski definition) is 5. The van der Waals surface area contributed by atoms with Crippen molar-refractivity contribution in [1.29, 1.82) is 0 Å². The Kier molecular flexibility index (Phi) is 4.79. The van der Waals surface area contributed by atoms with Gasteiger partial charge >= 0.3 is 6.18 Å². The summed E-state index contributed by atoms with van der Waals surface area (Å²) < 4.78 is 42.2. The lowest BCUT2D eigenvalue weighted by atomic mass is 9.62. The summed E-state index contributed by atoms with van der Waals surface area (Å²) in [6.07, 6.45) is -1.00. The van der Waals surface area contributed by atoms with Gasteiger partial charge in [0.05, 0.1) is 23.4 Å². The highest BCUT2D eigenvalue weighted by Gasteiger charge is 2.53. The zero-order valence-corrected chi connectivity index (χ0v) is 19.3. The maximum atomic E-state index is 13.8. The lowest BCUT2D eigenvalue weighted by Crippen LogP contribution is -2.58. The van der Waals surface area contributed by atoms with Crippen LogP contribution < -0.4 is 10.6 Å². The first-order valence-corrected chi connectivity index (χ1v) is 11.1. The van der Waals surface area contributed by atoms with E-state index >= 15 is 0 Å². The fourth-order valence-electron chi connectivity index (χ4n) is 5.54. The third-order valence-corrected chi connectivity index (χ3v) is 6.91. The summed E-state index contributed by atoms with van der Waals surface area (Å²) in [6, 6.07) is 6.94. The summed E-state index contributed by atoms with van der Waals surface area (Å²) >= 11 is 0. The van der Waals surface area contributed by atoms with Crippen molar-refractivity contribution in [3.63, 3.8) is 0 Å². The fourth-order valence-corrected chi connectivity index (χ4v) is 5.54. The number of benzene rings is 1. The van der Waals surface area contributed by atoms with Crippen molar-refractivity contribution in [3.05, 3.63) is 64.8 Å². The van der Waals surface area contributed by atoms with E-state index in [0.29, 0.717) is 24.0 Å². The molecule has 1 unspecified atom stereocenters. The van der Waals surface area contributed by atoms with Crippen molar-refractivity contribution in [2.24, 2.45) is 17.3 Å². The smallest absolute Gasteiger partial charge is 0.362 e. The van der Waals surface area contributed by atoms with Crippen molar-refractivity contribution in [1.82, 2.24) is 20.4 Å². The van der Waals surface area contributed by atoms with E-state index in [1.807, 2.05) is 26.8 Å². The highest BCUT2D eigenvalue weighted by atomic mass is 19.4. The van der Waals surface area contributed by atoms with Crippen LogP contribution in [0.15, 0.2) is 63.7 Å². The molecule has 1 aromatic carbocycles. The molecule has 2 aromatic rings. The van der Waals surface area contributed by atoms with Crippen LogP contribution in [0, 0.1) is 0 Å². The molecule has 7 nitrogen and oxygen atoms in total. The van der Waals surface area contributed by atoms with Gasteiger partial charge in [-0.05, 0) is 37.5 Å². The van der Waals surface area contributed by atoms with Crippen molar-refractivity contribution < 1.29 is 18.0 Å². The maximum Gasteiger partial charge on any atom is 0.433 e. The first-order valence-electron chi connectivity index (χ1n) is 11.1. The van der Waals surface area contributed by atoms with Crippen LogP contribution in [0.2, 0.25) is 0 Å². The van der Waals surface area contributed by atoms with Gasteiger partial charge in [0, 0.05) is 35.8 Å². The number of carbonyl (C=O) groups is 1. The topological polar surface area (TPSA) is 83.7 Å². The van der Waals surface area contributed by atoms with Crippen molar-refractivity contribution >= 4 is 5.91 Å². The molecule has 3 aliphatic heterocycles. The predicted octanol–water partition coefficient (Wildman–Crippen LogP) is 4.59. The minimum Gasteiger partial charge on any atom is -0.362 e. The van der Waals surface area contributed by atoms with E-state index in [1.165, 1.54) is 13.2 Å². The molecule has 10 heteroatoms. The van der Waals surface area contributed by atoms with Crippen LogP contribution in [0.5, 0.6) is 0 Å². The molecule has 2 atom stereocenters. The number of halogens is 3. The number of hydrogen-bond donors (Lipinski definition) is 2. The zero-order chi connectivity index (χ0) is 24.5. The fraction of sp³-hybridized carbons (Fsp3) is 0.417. The van der Waals surface area contributed by atoms with Gasteiger partial charge in [0.2, 0.25) is 0 Å². The lowest BCUT2D eigenvalue weighted by molar-refractivity contribution is -0.143. The van der Waals surface area contributed by atoms with Gasteiger partial charge in [-0.25, -0.2) is 0 Å². The standard InChI is InChI=1S/C24H25F3N6O/c1-5-23(14-8-6-7-13(9-14)15-11-29-33(4)19(15)24(25,26)27)16-12-28-32-20(16)30-17-10-22(2,3)31-21(34)18(17)23/h6-9,11-12,20,30H,5,10H2,1-4H3,(H,31,34)/t20?,23-/m0/s1. The summed E-state index contributed by atoms with van der Waals surface area (Å²) in [5.74, 6) is -0.199. The molecule has 2 N–H and O–H groups in total. The second-order valence-corrected chi connectivity index (χ2v) is 9.60. The number of nitrogens with one attached hydrogen (secondary N) is 2. The molecule has 3 aliphatic rings. The first-order chi connectivity index (χ1) is 16.0. The highest BCUT2D eigenvalue weighted by Crippen LogP contribution is 2.52. The average molecular weight is 470 g/mol. The Bertz CT molecular complexity index is 1290. The number of aromatic nitrogens is 2. The molecule has 0 spiro atoms. The van der Waals surface area contributed by atoms with Crippen LogP contribution in [-0.2, 0) is 23.4 Å². The molecule has 1 aromatic heterocycles. The largest absolute Gasteiger partial charge is 0.433 e. The number of rotatable bonds is 3. The van der Waals surface area contributed by atoms with Crippen molar-refractivity contribution in [2.75, 3.05) is 0 Å². The molecule has 5 rings (SSSR count). The van der Waals surface area contributed by atoms with Gasteiger partial charge in [0.25, 0.3) is 5.91 Å². The molecule has 0 aliphatic carbocycles. The van der Waals surface area contributed by atoms with E-state index in [9.17, 15) is 18.0 Å². The number of aryl methyl sites for hydroxylation is 1. The molecule has 0 saturated carbocycles. The van der Waals surface area contributed by atoms with Gasteiger partial charge in [-0.1, -0.05) is 25.1 Å². The Morgan fingerprint density at radius 2 is 2.03 bits per heavy atom. The summed E-state index contributed by atoms with van der Waals surface area (Å²) in [5.41, 5.74) is 1.12. The molecular formula is C24H25F3N6O. The number of alkyl halides is 3. The van der Waals surface area contributed by atoms with Crippen LogP contribution in [0.1, 0.15) is 44.9 Å². The van der Waals surface area contributed by atoms with Crippen LogP contribution in [-0.4, -0.2) is 27.4 Å². The van der Waals surface area contributed by atoms with E-state index in [2.05, 4.69) is 26.0 Å². The predicted molar refractivity (Wildman–Crippen MR) is 119 cm³/mol. The number of fused-ring (bicyclic) bond motifs is 1. The van der Waals surface area contributed by atoms with Gasteiger partial charge < -0.3 is 10.6 Å². The second kappa shape index (κ2) is 7.28. The van der Waals surface area contributed by atoms with E-state index < -0.39 is 29.0 Å². The SMILES string of the molecule is CC[C@]1(c2cccc(-c3cnn(C)c3C(F)(F)F)c2)C2=CN=NC2NC2=C1C(=O)NC(C)(C)C2. The second-order valence-electron chi connectivity index (χ2n) is 9.60. The molecule has 4 heterocycles. The third-order valence-electron chi connectivity index (χ3n) is 6.91. The van der Waals surface area contributed by atoms with Gasteiger partial charge in [0.1, 0.15) is 5.69 Å². The summed E-state index contributed by atoms with van der Waals surface area (Å²) in [7, 11) is 1.28. The molecule has 0 bridgehead atoms. The van der Waals surface area contributed by atoms with E-state index in [-0.39, 0.29) is 11.5 Å². The molecule has 0 fully saturated rings. The minimum absolute atomic E-state index is 0.00760. The number of nitrogens with zero attached hydrogens (tertiary/aromatic N) is 4. The molecule has 34 heavy (non-hydrogen) atoms. The zero-order valence-electron chi connectivity index (χ0n) is 19.3. The summed E-state index contributed by atoms with van der Waals surface area (Å²) in [4.78, 5) is 13.5. The number of azo groups is 1. The molecule has 0 saturated heterocycles. The number of amides is 1. The molecular weight excluding hydrogens is 445 g/mol.